The Labute approximate surface area is 174 Å². The van der Waals surface area contributed by atoms with E-state index in [1.54, 1.807) is 0 Å². The highest BCUT2D eigenvalue weighted by molar-refractivity contribution is 6.07. The highest BCUT2D eigenvalue weighted by Crippen LogP contribution is 2.41. The average molecular weight is 385 g/mol. The van der Waals surface area contributed by atoms with Crippen LogP contribution in [0.15, 0.2) is 120 Å². The van der Waals surface area contributed by atoms with Crippen molar-refractivity contribution in [1.29, 1.82) is 0 Å². The van der Waals surface area contributed by atoms with Crippen LogP contribution in [0.3, 0.4) is 0 Å². The van der Waals surface area contributed by atoms with Crippen LogP contribution in [0.2, 0.25) is 0 Å². The molecule has 6 rings (SSSR count). The molecule has 142 valence electrons. The molecule has 2 nitrogen and oxygen atoms in total. The van der Waals surface area contributed by atoms with Crippen molar-refractivity contribution < 1.29 is 4.42 Å². The fourth-order valence-electron chi connectivity index (χ4n) is 4.26. The summed E-state index contributed by atoms with van der Waals surface area (Å²) in [5, 5.41) is 4.72. The maximum atomic E-state index is 6.05. The number of furan rings is 1. The van der Waals surface area contributed by atoms with E-state index < -0.39 is 0 Å². The summed E-state index contributed by atoms with van der Waals surface area (Å²) < 4.78 is 6.05. The first-order valence-electron chi connectivity index (χ1n) is 10.1. The first-order valence-corrected chi connectivity index (χ1v) is 10.1. The number of nitrogens with zero attached hydrogens (tertiary/aromatic N) is 1. The van der Waals surface area contributed by atoms with Crippen LogP contribution in [0.25, 0.3) is 32.7 Å². The van der Waals surface area contributed by atoms with Crippen LogP contribution >= 0.6 is 0 Å². The van der Waals surface area contributed by atoms with Crippen LogP contribution in [-0.2, 0) is 0 Å². The lowest BCUT2D eigenvalue weighted by Gasteiger charge is -2.26. The van der Waals surface area contributed by atoms with Gasteiger partial charge in [-0.3, -0.25) is 0 Å². The van der Waals surface area contributed by atoms with Crippen molar-refractivity contribution in [2.45, 2.75) is 0 Å². The molecule has 0 unspecified atom stereocenters. The van der Waals surface area contributed by atoms with E-state index in [2.05, 4.69) is 108 Å². The van der Waals surface area contributed by atoms with Crippen LogP contribution in [-0.4, -0.2) is 0 Å². The number of anilines is 3. The Kier molecular flexibility index (Phi) is 3.82. The second-order valence-electron chi connectivity index (χ2n) is 7.45. The van der Waals surface area contributed by atoms with Gasteiger partial charge in [0.05, 0.1) is 5.69 Å². The Morgan fingerprint density at radius 1 is 0.467 bits per heavy atom. The monoisotopic (exact) mass is 385 g/mol. The molecule has 6 aromatic rings. The van der Waals surface area contributed by atoms with Gasteiger partial charge in [-0.05, 0) is 47.9 Å². The number of para-hydroxylation sites is 2. The molecule has 0 spiro atoms. The summed E-state index contributed by atoms with van der Waals surface area (Å²) in [5.74, 6) is 0. The zero-order chi connectivity index (χ0) is 19.9. The van der Waals surface area contributed by atoms with Crippen molar-refractivity contribution in [3.8, 4) is 0 Å². The Balaban J connectivity index is 1.64. The van der Waals surface area contributed by atoms with E-state index in [4.69, 9.17) is 4.42 Å². The lowest BCUT2D eigenvalue weighted by Crippen LogP contribution is -2.10. The maximum absolute atomic E-state index is 6.05. The van der Waals surface area contributed by atoms with Crippen molar-refractivity contribution >= 4 is 49.8 Å². The molecule has 1 heterocycles. The van der Waals surface area contributed by atoms with Gasteiger partial charge in [0.1, 0.15) is 11.2 Å². The van der Waals surface area contributed by atoms with Crippen LogP contribution in [0, 0.1) is 0 Å². The Hall–Kier alpha value is -4.04. The number of hydrogen-bond acceptors (Lipinski definition) is 2. The molecule has 0 aliphatic rings. The summed E-state index contributed by atoms with van der Waals surface area (Å²) in [6.07, 6.45) is 0. The summed E-state index contributed by atoms with van der Waals surface area (Å²) in [6.45, 7) is 0. The third-order valence-corrected chi connectivity index (χ3v) is 5.64. The molecule has 0 amide bonds. The second-order valence-corrected chi connectivity index (χ2v) is 7.45. The van der Waals surface area contributed by atoms with Gasteiger partial charge < -0.3 is 9.32 Å². The molecule has 0 N–H and O–H groups in total. The van der Waals surface area contributed by atoms with E-state index in [1.165, 1.54) is 10.8 Å². The predicted molar refractivity (Wildman–Crippen MR) is 126 cm³/mol. The molecule has 2 heteroatoms. The third-order valence-electron chi connectivity index (χ3n) is 5.64. The van der Waals surface area contributed by atoms with Gasteiger partial charge in [-0.1, -0.05) is 72.8 Å². The quantitative estimate of drug-likeness (QED) is 0.305. The Bertz CT molecular complexity index is 1490. The number of hydrogen-bond donors (Lipinski definition) is 0. The van der Waals surface area contributed by atoms with E-state index in [-0.39, 0.29) is 0 Å². The van der Waals surface area contributed by atoms with Gasteiger partial charge in [0.2, 0.25) is 0 Å². The van der Waals surface area contributed by atoms with E-state index in [0.717, 1.165) is 39.0 Å². The third kappa shape index (κ3) is 2.66. The number of benzene rings is 5. The van der Waals surface area contributed by atoms with Gasteiger partial charge in [0.15, 0.2) is 0 Å². The molecule has 30 heavy (non-hydrogen) atoms. The van der Waals surface area contributed by atoms with Crippen LogP contribution < -0.4 is 4.90 Å². The smallest absolute Gasteiger partial charge is 0.135 e. The van der Waals surface area contributed by atoms with Crippen molar-refractivity contribution in [3.05, 3.63) is 115 Å². The topological polar surface area (TPSA) is 16.4 Å². The largest absolute Gasteiger partial charge is 0.456 e. The van der Waals surface area contributed by atoms with Crippen LogP contribution in [0.5, 0.6) is 0 Å². The van der Waals surface area contributed by atoms with Crippen molar-refractivity contribution in [1.82, 2.24) is 0 Å². The van der Waals surface area contributed by atoms with E-state index >= 15 is 0 Å². The fourth-order valence-corrected chi connectivity index (χ4v) is 4.26. The molecule has 0 atom stereocenters. The van der Waals surface area contributed by atoms with Gasteiger partial charge >= 0.3 is 0 Å². The zero-order valence-corrected chi connectivity index (χ0v) is 16.3. The number of rotatable bonds is 3. The van der Waals surface area contributed by atoms with E-state index in [1.807, 2.05) is 12.1 Å². The average Bonchev–Trinajstić information content (AvgIpc) is 3.18. The van der Waals surface area contributed by atoms with Gasteiger partial charge in [0.25, 0.3) is 0 Å². The SMILES string of the molecule is c1ccc(N(c2ccc3oc4ccccc4c3c2)c2cccc3ccccc23)cc1. The lowest BCUT2D eigenvalue weighted by molar-refractivity contribution is 0.669. The summed E-state index contributed by atoms with van der Waals surface area (Å²) in [7, 11) is 0. The minimum atomic E-state index is 0.908. The van der Waals surface area contributed by atoms with Crippen LogP contribution in [0.1, 0.15) is 0 Å². The Morgan fingerprint density at radius 2 is 1.17 bits per heavy atom. The van der Waals surface area contributed by atoms with E-state index in [0.29, 0.717) is 0 Å². The van der Waals surface area contributed by atoms with Gasteiger partial charge in [-0.25, -0.2) is 0 Å². The highest BCUT2D eigenvalue weighted by Gasteiger charge is 2.16. The fraction of sp³-hybridized carbons (Fsp3) is 0. The van der Waals surface area contributed by atoms with Crippen molar-refractivity contribution in [3.63, 3.8) is 0 Å². The summed E-state index contributed by atoms with van der Waals surface area (Å²) in [5.41, 5.74) is 5.22. The summed E-state index contributed by atoms with van der Waals surface area (Å²) in [6, 6.07) is 40.2. The van der Waals surface area contributed by atoms with E-state index in [9.17, 15) is 0 Å². The molecule has 0 aliphatic heterocycles. The Morgan fingerprint density at radius 3 is 2.07 bits per heavy atom. The minimum absolute atomic E-state index is 0.908. The molecule has 0 radical (unpaired) electrons. The van der Waals surface area contributed by atoms with Crippen LogP contribution in [0.4, 0.5) is 17.1 Å². The zero-order valence-electron chi connectivity index (χ0n) is 16.3. The molecule has 0 saturated carbocycles. The van der Waals surface area contributed by atoms with Gasteiger partial charge in [-0.15, -0.1) is 0 Å². The molecule has 0 bridgehead atoms. The maximum Gasteiger partial charge on any atom is 0.135 e. The normalized spacial score (nSPS) is 11.3. The molecule has 0 fully saturated rings. The molecular weight excluding hydrogens is 366 g/mol. The number of fused-ring (bicyclic) bond motifs is 4. The summed E-state index contributed by atoms with van der Waals surface area (Å²) in [4.78, 5) is 2.32. The molecule has 0 aliphatic carbocycles. The van der Waals surface area contributed by atoms with Crippen molar-refractivity contribution in [2.75, 3.05) is 4.90 Å². The second kappa shape index (κ2) is 6.78. The van der Waals surface area contributed by atoms with Gasteiger partial charge in [0, 0.05) is 27.5 Å². The lowest BCUT2D eigenvalue weighted by atomic mass is 10.1. The van der Waals surface area contributed by atoms with Gasteiger partial charge in [-0.2, -0.15) is 0 Å². The van der Waals surface area contributed by atoms with Crippen molar-refractivity contribution in [2.24, 2.45) is 0 Å². The standard InChI is InChI=1S/C28H19NO/c1-2-11-21(12-3-1)29(26-15-8-10-20-9-4-5-13-23(20)26)22-17-18-28-25(19-22)24-14-6-7-16-27(24)30-28/h1-19H. The molecule has 1 aromatic heterocycles. The molecular formula is C28H19NO. The highest BCUT2D eigenvalue weighted by atomic mass is 16.3. The molecule has 5 aromatic carbocycles. The first kappa shape index (κ1) is 16.9. The molecule has 0 saturated heterocycles. The summed E-state index contributed by atoms with van der Waals surface area (Å²) >= 11 is 0. The predicted octanol–water partition coefficient (Wildman–Crippen LogP) is 8.21. The minimum Gasteiger partial charge on any atom is -0.456 e. The first-order chi connectivity index (χ1) is 14.9.